The predicted molar refractivity (Wildman–Crippen MR) is 215 cm³/mol. The highest BCUT2D eigenvalue weighted by Crippen LogP contribution is 2.20. The zero-order valence-corrected chi connectivity index (χ0v) is 30.4. The van der Waals surface area contributed by atoms with E-state index in [1.54, 1.807) is 4.90 Å². The standard InChI is InChI=1S/C44H50N6O3/c1-2-19-40(33-45-42(51)46-37-25-12-5-13-26-37)50(44(53)48-39-29-16-7-17-30-39)34-41(32-36-22-10-4-11-23-36)49(31-18-24-35-20-8-3-9-21-35)43(52)47-38-27-14-6-15-28-38/h3-17,20-23,25-30,40-41H,2,18-19,24,31-34H2,1H3,(H,47,52)(H,48,53)(H2,45,46,51). The lowest BCUT2D eigenvalue weighted by molar-refractivity contribution is 0.135. The van der Waals surface area contributed by atoms with Crippen LogP contribution in [0, 0.1) is 0 Å². The van der Waals surface area contributed by atoms with Gasteiger partial charge in [0, 0.05) is 36.7 Å². The molecule has 0 spiro atoms. The second-order valence-corrected chi connectivity index (χ2v) is 13.0. The summed E-state index contributed by atoms with van der Waals surface area (Å²) in [6.07, 6.45) is 3.46. The van der Waals surface area contributed by atoms with E-state index in [2.05, 4.69) is 52.5 Å². The zero-order chi connectivity index (χ0) is 37.1. The van der Waals surface area contributed by atoms with Crippen LogP contribution in [-0.4, -0.2) is 59.6 Å². The average molecular weight is 711 g/mol. The fraction of sp³-hybridized carbons (Fsp3) is 0.250. The van der Waals surface area contributed by atoms with Crippen molar-refractivity contribution in [3.05, 3.63) is 163 Å². The molecule has 0 aliphatic carbocycles. The third-order valence-electron chi connectivity index (χ3n) is 9.03. The molecular formula is C44H50N6O3. The maximum atomic E-state index is 14.4. The minimum absolute atomic E-state index is 0.219. The van der Waals surface area contributed by atoms with Crippen LogP contribution in [0.5, 0.6) is 0 Å². The fourth-order valence-corrected chi connectivity index (χ4v) is 6.37. The molecule has 0 heterocycles. The quantitative estimate of drug-likeness (QED) is 0.0773. The van der Waals surface area contributed by atoms with Gasteiger partial charge in [-0.15, -0.1) is 0 Å². The van der Waals surface area contributed by atoms with Crippen LogP contribution in [0.15, 0.2) is 152 Å². The molecule has 5 aromatic carbocycles. The first-order chi connectivity index (χ1) is 26.0. The molecule has 0 aromatic heterocycles. The van der Waals surface area contributed by atoms with Crippen molar-refractivity contribution in [2.24, 2.45) is 0 Å². The maximum absolute atomic E-state index is 14.4. The molecule has 274 valence electrons. The van der Waals surface area contributed by atoms with Crippen molar-refractivity contribution in [1.29, 1.82) is 0 Å². The first kappa shape index (κ1) is 38.1. The first-order valence-electron chi connectivity index (χ1n) is 18.4. The van der Waals surface area contributed by atoms with Crippen LogP contribution in [0.2, 0.25) is 0 Å². The number of anilines is 3. The van der Waals surface area contributed by atoms with Gasteiger partial charge in [-0.05, 0) is 73.2 Å². The van der Waals surface area contributed by atoms with Crippen LogP contribution in [-0.2, 0) is 12.8 Å². The number of hydrogen-bond donors (Lipinski definition) is 4. The van der Waals surface area contributed by atoms with Gasteiger partial charge in [0.05, 0.1) is 12.1 Å². The monoisotopic (exact) mass is 710 g/mol. The predicted octanol–water partition coefficient (Wildman–Crippen LogP) is 9.29. The summed E-state index contributed by atoms with van der Waals surface area (Å²) in [5.41, 5.74) is 4.28. The molecule has 0 aliphatic heterocycles. The number of nitrogens with zero attached hydrogens (tertiary/aromatic N) is 2. The van der Waals surface area contributed by atoms with E-state index in [1.807, 2.05) is 132 Å². The third kappa shape index (κ3) is 12.6. The van der Waals surface area contributed by atoms with Crippen LogP contribution >= 0.6 is 0 Å². The molecule has 9 nitrogen and oxygen atoms in total. The summed E-state index contributed by atoms with van der Waals surface area (Å²) in [4.78, 5) is 45.5. The summed E-state index contributed by atoms with van der Waals surface area (Å²) < 4.78 is 0. The lowest BCUT2D eigenvalue weighted by atomic mass is 10.0. The van der Waals surface area contributed by atoms with Gasteiger partial charge in [0.2, 0.25) is 0 Å². The number of carbonyl (C=O) groups excluding carboxylic acids is 3. The highest BCUT2D eigenvalue weighted by Gasteiger charge is 2.32. The van der Waals surface area contributed by atoms with E-state index in [9.17, 15) is 14.4 Å². The second-order valence-electron chi connectivity index (χ2n) is 13.0. The largest absolute Gasteiger partial charge is 0.336 e. The lowest BCUT2D eigenvalue weighted by Crippen LogP contribution is -2.56. The van der Waals surface area contributed by atoms with Crippen molar-refractivity contribution in [3.63, 3.8) is 0 Å². The van der Waals surface area contributed by atoms with Gasteiger partial charge in [-0.1, -0.05) is 129 Å². The molecule has 0 saturated carbocycles. The van der Waals surface area contributed by atoms with E-state index in [4.69, 9.17) is 0 Å². The number of nitrogens with one attached hydrogen (secondary N) is 4. The molecule has 0 saturated heterocycles. The Morgan fingerprint density at radius 3 is 1.51 bits per heavy atom. The van der Waals surface area contributed by atoms with E-state index in [1.165, 1.54) is 5.56 Å². The minimum Gasteiger partial charge on any atom is -0.336 e. The van der Waals surface area contributed by atoms with Crippen molar-refractivity contribution < 1.29 is 14.4 Å². The fourth-order valence-electron chi connectivity index (χ4n) is 6.37. The van der Waals surface area contributed by atoms with E-state index < -0.39 is 6.04 Å². The van der Waals surface area contributed by atoms with Crippen LogP contribution in [0.25, 0.3) is 0 Å². The summed E-state index contributed by atoms with van der Waals surface area (Å²) in [5.74, 6) is 0. The van der Waals surface area contributed by atoms with E-state index in [-0.39, 0.29) is 37.2 Å². The van der Waals surface area contributed by atoms with E-state index in [0.717, 1.165) is 24.8 Å². The molecule has 5 rings (SSSR count). The first-order valence-corrected chi connectivity index (χ1v) is 18.4. The molecule has 4 N–H and O–H groups in total. The molecule has 2 atom stereocenters. The zero-order valence-electron chi connectivity index (χ0n) is 30.4. The molecule has 0 radical (unpaired) electrons. The van der Waals surface area contributed by atoms with Gasteiger partial charge in [-0.2, -0.15) is 0 Å². The van der Waals surface area contributed by atoms with E-state index >= 15 is 0 Å². The van der Waals surface area contributed by atoms with Crippen molar-refractivity contribution >= 4 is 35.2 Å². The smallest absolute Gasteiger partial charge is 0.322 e. The normalized spacial score (nSPS) is 11.8. The van der Waals surface area contributed by atoms with Gasteiger partial charge >= 0.3 is 18.1 Å². The number of para-hydroxylation sites is 3. The topological polar surface area (TPSA) is 106 Å². The number of benzene rings is 5. The van der Waals surface area contributed by atoms with Crippen molar-refractivity contribution in [3.8, 4) is 0 Å². The van der Waals surface area contributed by atoms with Gasteiger partial charge in [-0.3, -0.25) is 0 Å². The molecule has 0 fully saturated rings. The summed E-state index contributed by atoms with van der Waals surface area (Å²) in [5, 5.41) is 12.1. The molecule has 0 aliphatic rings. The van der Waals surface area contributed by atoms with Crippen LogP contribution in [0.1, 0.15) is 37.3 Å². The Hall–Kier alpha value is -6.09. The number of rotatable bonds is 17. The highest BCUT2D eigenvalue weighted by atomic mass is 16.2. The number of aryl methyl sites for hydroxylation is 1. The lowest BCUT2D eigenvalue weighted by Gasteiger charge is -2.39. The number of urea groups is 3. The SMILES string of the molecule is CCCC(CNC(=O)Nc1ccccc1)N(CC(Cc1ccccc1)N(CCCc1ccccc1)C(=O)Nc1ccccc1)C(=O)Nc1ccccc1. The molecule has 5 aromatic rings. The summed E-state index contributed by atoms with van der Waals surface area (Å²) in [6, 6.07) is 46.7. The number of amides is 6. The van der Waals surface area contributed by atoms with Gasteiger partial charge < -0.3 is 31.1 Å². The van der Waals surface area contributed by atoms with Crippen LogP contribution in [0.3, 0.4) is 0 Å². The molecule has 0 bridgehead atoms. The Labute approximate surface area is 313 Å². The van der Waals surface area contributed by atoms with Crippen molar-refractivity contribution in [1.82, 2.24) is 15.1 Å². The Morgan fingerprint density at radius 2 is 1.00 bits per heavy atom. The molecular weight excluding hydrogens is 661 g/mol. The Balaban J connectivity index is 1.47. The van der Waals surface area contributed by atoms with E-state index in [0.29, 0.717) is 36.4 Å². The molecule has 2 unspecified atom stereocenters. The van der Waals surface area contributed by atoms with Gasteiger partial charge in [0.15, 0.2) is 0 Å². The van der Waals surface area contributed by atoms with Crippen LogP contribution < -0.4 is 21.3 Å². The average Bonchev–Trinajstić information content (AvgIpc) is 3.19. The Bertz CT molecular complexity index is 1810. The summed E-state index contributed by atoms with van der Waals surface area (Å²) in [6.45, 7) is 2.98. The Kier molecular flexibility index (Phi) is 14.9. The number of hydrogen-bond acceptors (Lipinski definition) is 3. The van der Waals surface area contributed by atoms with Crippen molar-refractivity contribution in [2.45, 2.75) is 51.1 Å². The van der Waals surface area contributed by atoms with Gasteiger partial charge in [-0.25, -0.2) is 14.4 Å². The summed E-state index contributed by atoms with van der Waals surface area (Å²) in [7, 11) is 0. The molecule has 53 heavy (non-hydrogen) atoms. The van der Waals surface area contributed by atoms with Gasteiger partial charge in [0.25, 0.3) is 0 Å². The molecule has 9 heteroatoms. The number of carbonyl (C=O) groups is 3. The third-order valence-corrected chi connectivity index (χ3v) is 9.03. The van der Waals surface area contributed by atoms with Crippen LogP contribution in [0.4, 0.5) is 31.4 Å². The minimum atomic E-state index is -0.407. The molecule has 6 amide bonds. The highest BCUT2D eigenvalue weighted by molar-refractivity contribution is 5.91. The summed E-state index contributed by atoms with van der Waals surface area (Å²) >= 11 is 0. The Morgan fingerprint density at radius 1 is 0.547 bits per heavy atom. The maximum Gasteiger partial charge on any atom is 0.322 e. The van der Waals surface area contributed by atoms with Gasteiger partial charge in [0.1, 0.15) is 0 Å². The second kappa shape index (κ2) is 20.7. The van der Waals surface area contributed by atoms with Crippen molar-refractivity contribution in [2.75, 3.05) is 35.6 Å².